The van der Waals surface area contributed by atoms with Crippen molar-refractivity contribution < 1.29 is 0 Å². The number of rotatable bonds is 12. The SMILES string of the molecule is C=CCC(CC=C)(CC=C)CCCCCCCl. The lowest BCUT2D eigenvalue weighted by atomic mass is 9.74. The van der Waals surface area contributed by atoms with Gasteiger partial charge in [-0.15, -0.1) is 31.3 Å². The Kier molecular flexibility index (Phi) is 10.3. The van der Waals surface area contributed by atoms with E-state index in [0.717, 1.165) is 31.6 Å². The largest absolute Gasteiger partial charge is 0.127 e. The summed E-state index contributed by atoms with van der Waals surface area (Å²) >= 11 is 5.68. The average molecular weight is 255 g/mol. The molecule has 98 valence electrons. The maximum Gasteiger partial charge on any atom is 0.0223 e. The number of hydrogen-bond donors (Lipinski definition) is 0. The number of allylic oxidation sites excluding steroid dienone is 3. The van der Waals surface area contributed by atoms with Crippen LogP contribution in [-0.2, 0) is 0 Å². The molecule has 0 aromatic carbocycles. The van der Waals surface area contributed by atoms with E-state index in [9.17, 15) is 0 Å². The highest BCUT2D eigenvalue weighted by molar-refractivity contribution is 6.17. The van der Waals surface area contributed by atoms with Crippen LogP contribution in [-0.4, -0.2) is 5.88 Å². The van der Waals surface area contributed by atoms with E-state index in [1.54, 1.807) is 0 Å². The molecule has 0 spiro atoms. The van der Waals surface area contributed by atoms with Crippen molar-refractivity contribution in [1.82, 2.24) is 0 Å². The number of halogens is 1. The van der Waals surface area contributed by atoms with Gasteiger partial charge in [-0.3, -0.25) is 0 Å². The molecule has 0 fully saturated rings. The molecule has 0 nitrogen and oxygen atoms in total. The molecule has 1 heteroatoms. The van der Waals surface area contributed by atoms with Crippen LogP contribution < -0.4 is 0 Å². The van der Waals surface area contributed by atoms with E-state index in [0.29, 0.717) is 5.41 Å². The van der Waals surface area contributed by atoms with Crippen LogP contribution in [0, 0.1) is 5.41 Å². The molecule has 0 amide bonds. The molecule has 0 unspecified atom stereocenters. The molecule has 0 N–H and O–H groups in total. The Labute approximate surface area is 112 Å². The standard InChI is InChI=1S/C16H27Cl/c1-4-11-16(12-5-2,13-6-3)14-9-7-8-10-15-17/h4-6H,1-3,7-15H2. The van der Waals surface area contributed by atoms with E-state index in [4.69, 9.17) is 11.6 Å². The molecule has 0 rings (SSSR count). The van der Waals surface area contributed by atoms with Gasteiger partial charge in [0.1, 0.15) is 0 Å². The van der Waals surface area contributed by atoms with E-state index >= 15 is 0 Å². The second kappa shape index (κ2) is 10.7. The van der Waals surface area contributed by atoms with E-state index < -0.39 is 0 Å². The molecule has 0 aliphatic rings. The molecule has 0 aliphatic carbocycles. The zero-order chi connectivity index (χ0) is 13.0. The Morgan fingerprint density at radius 3 is 1.65 bits per heavy atom. The third-order valence-corrected chi connectivity index (χ3v) is 3.59. The van der Waals surface area contributed by atoms with Crippen LogP contribution in [0.5, 0.6) is 0 Å². The average Bonchev–Trinajstić information content (AvgIpc) is 2.30. The summed E-state index contributed by atoms with van der Waals surface area (Å²) in [7, 11) is 0. The Morgan fingerprint density at radius 2 is 1.24 bits per heavy atom. The van der Waals surface area contributed by atoms with Gasteiger partial charge in [-0.25, -0.2) is 0 Å². The molecule has 0 bridgehead atoms. The number of alkyl halides is 1. The molecule has 0 saturated carbocycles. The lowest BCUT2D eigenvalue weighted by Crippen LogP contribution is -2.18. The van der Waals surface area contributed by atoms with Crippen LogP contribution in [0.2, 0.25) is 0 Å². The first-order valence-corrected chi connectivity index (χ1v) is 7.17. The molecule has 17 heavy (non-hydrogen) atoms. The van der Waals surface area contributed by atoms with Gasteiger partial charge in [-0.1, -0.05) is 37.5 Å². The van der Waals surface area contributed by atoms with Crippen molar-refractivity contribution in [3.8, 4) is 0 Å². The summed E-state index contributed by atoms with van der Waals surface area (Å²) in [5, 5.41) is 0. The van der Waals surface area contributed by atoms with Crippen LogP contribution >= 0.6 is 11.6 Å². The molecule has 0 atom stereocenters. The zero-order valence-corrected chi connectivity index (χ0v) is 11.9. The fraction of sp³-hybridized carbons (Fsp3) is 0.625. The summed E-state index contributed by atoms with van der Waals surface area (Å²) < 4.78 is 0. The third kappa shape index (κ3) is 7.44. The van der Waals surface area contributed by atoms with Gasteiger partial charge >= 0.3 is 0 Å². The first-order chi connectivity index (χ1) is 8.24. The Balaban J connectivity index is 4.18. The molecule has 0 aromatic rings. The van der Waals surface area contributed by atoms with Crippen molar-refractivity contribution in [2.24, 2.45) is 5.41 Å². The molecule has 0 saturated heterocycles. The highest BCUT2D eigenvalue weighted by atomic mass is 35.5. The zero-order valence-electron chi connectivity index (χ0n) is 11.1. The number of unbranched alkanes of at least 4 members (excludes halogenated alkanes) is 3. The first kappa shape index (κ1) is 16.5. The van der Waals surface area contributed by atoms with Crippen LogP contribution in [0.3, 0.4) is 0 Å². The normalized spacial score (nSPS) is 11.1. The molecule has 0 radical (unpaired) electrons. The van der Waals surface area contributed by atoms with Gasteiger partial charge in [0.05, 0.1) is 0 Å². The van der Waals surface area contributed by atoms with Gasteiger partial charge in [0.2, 0.25) is 0 Å². The Morgan fingerprint density at radius 1 is 0.765 bits per heavy atom. The number of hydrogen-bond acceptors (Lipinski definition) is 0. The minimum absolute atomic E-state index is 0.312. The summed E-state index contributed by atoms with van der Waals surface area (Å²) in [6.07, 6.45) is 15.4. The van der Waals surface area contributed by atoms with Crippen LogP contribution in [0.15, 0.2) is 38.0 Å². The van der Waals surface area contributed by atoms with Crippen molar-refractivity contribution in [2.75, 3.05) is 5.88 Å². The summed E-state index contributed by atoms with van der Waals surface area (Å²) in [6, 6.07) is 0. The summed E-state index contributed by atoms with van der Waals surface area (Å²) in [5.74, 6) is 0.789. The molecular weight excluding hydrogens is 228 g/mol. The van der Waals surface area contributed by atoms with Gasteiger partial charge in [0.15, 0.2) is 0 Å². The predicted octanol–water partition coefficient (Wildman–Crippen LogP) is 5.89. The highest BCUT2D eigenvalue weighted by Gasteiger charge is 2.25. The topological polar surface area (TPSA) is 0 Å². The smallest absolute Gasteiger partial charge is 0.0223 e. The minimum Gasteiger partial charge on any atom is -0.127 e. The second-order valence-electron chi connectivity index (χ2n) is 4.83. The first-order valence-electron chi connectivity index (χ1n) is 6.63. The second-order valence-corrected chi connectivity index (χ2v) is 5.21. The third-order valence-electron chi connectivity index (χ3n) is 3.32. The summed E-state index contributed by atoms with van der Waals surface area (Å²) in [4.78, 5) is 0. The highest BCUT2D eigenvalue weighted by Crippen LogP contribution is 2.38. The Hall–Kier alpha value is -0.490. The summed E-state index contributed by atoms with van der Waals surface area (Å²) in [6.45, 7) is 11.6. The lowest BCUT2D eigenvalue weighted by Gasteiger charge is -2.31. The van der Waals surface area contributed by atoms with Crippen molar-refractivity contribution >= 4 is 11.6 Å². The van der Waals surface area contributed by atoms with E-state index in [-0.39, 0.29) is 0 Å². The quantitative estimate of drug-likeness (QED) is 0.231. The molecular formula is C16H27Cl. The fourth-order valence-electron chi connectivity index (χ4n) is 2.42. The van der Waals surface area contributed by atoms with Crippen LogP contribution in [0.1, 0.15) is 51.4 Å². The van der Waals surface area contributed by atoms with Gasteiger partial charge in [0.25, 0.3) is 0 Å². The summed E-state index contributed by atoms with van der Waals surface area (Å²) in [5.41, 5.74) is 0.312. The molecule has 0 aromatic heterocycles. The maximum atomic E-state index is 5.68. The maximum absolute atomic E-state index is 5.68. The van der Waals surface area contributed by atoms with Gasteiger partial charge in [0, 0.05) is 5.88 Å². The van der Waals surface area contributed by atoms with Crippen LogP contribution in [0.25, 0.3) is 0 Å². The van der Waals surface area contributed by atoms with E-state index in [1.807, 2.05) is 18.2 Å². The molecule has 0 aliphatic heterocycles. The van der Waals surface area contributed by atoms with E-state index in [2.05, 4.69) is 19.7 Å². The monoisotopic (exact) mass is 254 g/mol. The van der Waals surface area contributed by atoms with Crippen molar-refractivity contribution in [2.45, 2.75) is 51.4 Å². The van der Waals surface area contributed by atoms with Crippen molar-refractivity contribution in [3.05, 3.63) is 38.0 Å². The van der Waals surface area contributed by atoms with E-state index in [1.165, 1.54) is 25.7 Å². The minimum atomic E-state index is 0.312. The lowest BCUT2D eigenvalue weighted by molar-refractivity contribution is 0.261. The fourth-order valence-corrected chi connectivity index (χ4v) is 2.61. The van der Waals surface area contributed by atoms with Crippen molar-refractivity contribution in [1.29, 1.82) is 0 Å². The van der Waals surface area contributed by atoms with Gasteiger partial charge in [-0.2, -0.15) is 0 Å². The molecule has 0 heterocycles. The predicted molar refractivity (Wildman–Crippen MR) is 80.7 cm³/mol. The van der Waals surface area contributed by atoms with Gasteiger partial charge < -0.3 is 0 Å². The van der Waals surface area contributed by atoms with Crippen molar-refractivity contribution in [3.63, 3.8) is 0 Å². The van der Waals surface area contributed by atoms with Gasteiger partial charge in [-0.05, 0) is 37.5 Å². The Bertz CT molecular complexity index is 191. The van der Waals surface area contributed by atoms with Crippen LogP contribution in [0.4, 0.5) is 0 Å².